The molecule has 1 aliphatic carbocycles. The number of aryl methyl sites for hydroxylation is 1. The fraction of sp³-hybridized carbons (Fsp3) is 0.467. The second-order valence-electron chi connectivity index (χ2n) is 5.68. The highest BCUT2D eigenvalue weighted by Crippen LogP contribution is 2.35. The molecule has 106 valence electrons. The average Bonchev–Trinajstić information content (AvgIpc) is 2.97. The van der Waals surface area contributed by atoms with Gasteiger partial charge in [0.2, 0.25) is 5.13 Å². The molecule has 3 nitrogen and oxygen atoms in total. The molecule has 1 aromatic carbocycles. The summed E-state index contributed by atoms with van der Waals surface area (Å²) in [5.41, 5.74) is 2.69. The quantitative estimate of drug-likeness (QED) is 0.904. The number of nitrogens with zero attached hydrogens (tertiary/aromatic N) is 2. The zero-order valence-corrected chi connectivity index (χ0v) is 13.3. The van der Waals surface area contributed by atoms with Gasteiger partial charge in [-0.25, -0.2) is 0 Å². The third kappa shape index (κ3) is 2.96. The molecule has 1 heterocycles. The molecule has 0 aliphatic heterocycles. The SMILES string of the molecule is CC(C)Cc1nnc(NC2CCc3cc(Cl)ccc32)s1. The van der Waals surface area contributed by atoms with Crippen LogP contribution in [0.4, 0.5) is 5.13 Å². The van der Waals surface area contributed by atoms with Crippen molar-refractivity contribution in [2.75, 3.05) is 5.32 Å². The summed E-state index contributed by atoms with van der Waals surface area (Å²) in [5, 5.41) is 14.9. The van der Waals surface area contributed by atoms with Crippen molar-refractivity contribution in [2.24, 2.45) is 5.92 Å². The van der Waals surface area contributed by atoms with E-state index < -0.39 is 0 Å². The predicted octanol–water partition coefficient (Wildman–Crippen LogP) is 4.49. The van der Waals surface area contributed by atoms with Crippen LogP contribution in [0.5, 0.6) is 0 Å². The third-order valence-corrected chi connectivity index (χ3v) is 4.64. The van der Waals surface area contributed by atoms with Crippen LogP contribution in [0.1, 0.15) is 42.4 Å². The summed E-state index contributed by atoms with van der Waals surface area (Å²) in [5.74, 6) is 0.616. The highest BCUT2D eigenvalue weighted by molar-refractivity contribution is 7.15. The highest BCUT2D eigenvalue weighted by atomic mass is 35.5. The Kier molecular flexibility index (Phi) is 3.94. The van der Waals surface area contributed by atoms with Crippen LogP contribution in [-0.4, -0.2) is 10.2 Å². The van der Waals surface area contributed by atoms with Gasteiger partial charge < -0.3 is 5.32 Å². The van der Waals surface area contributed by atoms with Crippen LogP contribution in [0.15, 0.2) is 18.2 Å². The summed E-state index contributed by atoms with van der Waals surface area (Å²) in [7, 11) is 0. The van der Waals surface area contributed by atoms with Crippen molar-refractivity contribution in [3.05, 3.63) is 39.4 Å². The third-order valence-electron chi connectivity index (χ3n) is 3.53. The largest absolute Gasteiger partial charge is 0.353 e. The summed E-state index contributed by atoms with van der Waals surface area (Å²) in [4.78, 5) is 0. The van der Waals surface area contributed by atoms with E-state index >= 15 is 0 Å². The van der Waals surface area contributed by atoms with Crippen LogP contribution in [-0.2, 0) is 12.8 Å². The number of nitrogens with one attached hydrogen (secondary N) is 1. The molecule has 20 heavy (non-hydrogen) atoms. The van der Waals surface area contributed by atoms with E-state index in [-0.39, 0.29) is 0 Å². The molecule has 0 saturated heterocycles. The first-order valence-corrected chi connectivity index (χ1v) is 8.18. The van der Waals surface area contributed by atoms with Crippen molar-refractivity contribution in [1.82, 2.24) is 10.2 Å². The fourth-order valence-corrected chi connectivity index (χ4v) is 3.83. The second kappa shape index (κ2) is 5.70. The van der Waals surface area contributed by atoms with Gasteiger partial charge in [0, 0.05) is 11.4 Å². The van der Waals surface area contributed by atoms with Gasteiger partial charge in [0.15, 0.2) is 0 Å². The molecular formula is C15H18ClN3S. The monoisotopic (exact) mass is 307 g/mol. The maximum absolute atomic E-state index is 6.04. The zero-order valence-electron chi connectivity index (χ0n) is 11.7. The van der Waals surface area contributed by atoms with Crippen molar-refractivity contribution in [1.29, 1.82) is 0 Å². The van der Waals surface area contributed by atoms with E-state index in [0.717, 1.165) is 34.4 Å². The maximum atomic E-state index is 6.04. The Morgan fingerprint density at radius 1 is 1.40 bits per heavy atom. The number of fused-ring (bicyclic) bond motifs is 1. The molecule has 0 bridgehead atoms. The van der Waals surface area contributed by atoms with Crippen LogP contribution >= 0.6 is 22.9 Å². The van der Waals surface area contributed by atoms with E-state index in [2.05, 4.69) is 41.5 Å². The molecule has 3 rings (SSSR count). The topological polar surface area (TPSA) is 37.8 Å². The van der Waals surface area contributed by atoms with Crippen LogP contribution < -0.4 is 5.32 Å². The van der Waals surface area contributed by atoms with Crippen molar-refractivity contribution in [2.45, 2.75) is 39.2 Å². The number of halogens is 1. The Labute approximate surface area is 128 Å². The minimum Gasteiger partial charge on any atom is -0.353 e. The van der Waals surface area contributed by atoms with Gasteiger partial charge in [0.1, 0.15) is 5.01 Å². The lowest BCUT2D eigenvalue weighted by molar-refractivity contribution is 0.639. The number of rotatable bonds is 4. The van der Waals surface area contributed by atoms with E-state index in [1.54, 1.807) is 11.3 Å². The van der Waals surface area contributed by atoms with Gasteiger partial charge in [-0.15, -0.1) is 10.2 Å². The molecular weight excluding hydrogens is 290 g/mol. The molecule has 1 aromatic heterocycles. The Hall–Kier alpha value is -1.13. The lowest BCUT2D eigenvalue weighted by Gasteiger charge is -2.12. The van der Waals surface area contributed by atoms with Gasteiger partial charge >= 0.3 is 0 Å². The molecule has 1 N–H and O–H groups in total. The maximum Gasteiger partial charge on any atom is 0.206 e. The molecule has 0 spiro atoms. The molecule has 0 saturated carbocycles. The van der Waals surface area contributed by atoms with E-state index in [4.69, 9.17) is 11.6 Å². The van der Waals surface area contributed by atoms with E-state index in [1.165, 1.54) is 11.1 Å². The number of anilines is 1. The summed E-state index contributed by atoms with van der Waals surface area (Å²) in [6.07, 6.45) is 3.16. The average molecular weight is 308 g/mol. The smallest absolute Gasteiger partial charge is 0.206 e. The van der Waals surface area contributed by atoms with Crippen molar-refractivity contribution in [3.8, 4) is 0 Å². The van der Waals surface area contributed by atoms with Crippen LogP contribution in [0.2, 0.25) is 5.02 Å². The molecule has 0 amide bonds. The summed E-state index contributed by atoms with van der Waals surface area (Å²) in [6, 6.07) is 6.49. The van der Waals surface area contributed by atoms with Gasteiger partial charge in [-0.05, 0) is 42.0 Å². The highest BCUT2D eigenvalue weighted by Gasteiger charge is 2.23. The Balaban J connectivity index is 1.72. The second-order valence-corrected chi connectivity index (χ2v) is 7.18. The normalized spacial score (nSPS) is 17.5. The number of aromatic nitrogens is 2. The molecule has 0 fully saturated rings. The molecule has 1 unspecified atom stereocenters. The van der Waals surface area contributed by atoms with Gasteiger partial charge in [-0.3, -0.25) is 0 Å². The molecule has 1 atom stereocenters. The molecule has 2 aromatic rings. The van der Waals surface area contributed by atoms with Crippen LogP contribution in [0, 0.1) is 5.92 Å². The summed E-state index contributed by atoms with van der Waals surface area (Å²) < 4.78 is 0. The van der Waals surface area contributed by atoms with E-state index in [1.807, 2.05) is 6.07 Å². The van der Waals surface area contributed by atoms with Crippen molar-refractivity contribution < 1.29 is 0 Å². The Morgan fingerprint density at radius 2 is 2.25 bits per heavy atom. The minimum atomic E-state index is 0.335. The first kappa shape index (κ1) is 13.8. The van der Waals surface area contributed by atoms with Crippen molar-refractivity contribution in [3.63, 3.8) is 0 Å². The first-order chi connectivity index (χ1) is 9.61. The van der Waals surface area contributed by atoms with E-state index in [0.29, 0.717) is 12.0 Å². The standard InChI is InChI=1S/C15H18ClN3S/c1-9(2)7-14-18-19-15(20-14)17-13-6-3-10-8-11(16)4-5-12(10)13/h4-5,8-9,13H,3,6-7H2,1-2H3,(H,17,19). The Bertz CT molecular complexity index is 609. The number of benzene rings is 1. The Morgan fingerprint density at radius 3 is 3.05 bits per heavy atom. The van der Waals surface area contributed by atoms with Crippen LogP contribution in [0.25, 0.3) is 0 Å². The number of hydrogen-bond donors (Lipinski definition) is 1. The van der Waals surface area contributed by atoms with Crippen molar-refractivity contribution >= 4 is 28.1 Å². The van der Waals surface area contributed by atoms with Crippen LogP contribution in [0.3, 0.4) is 0 Å². The van der Waals surface area contributed by atoms with Gasteiger partial charge in [0.05, 0.1) is 6.04 Å². The van der Waals surface area contributed by atoms with E-state index in [9.17, 15) is 0 Å². The molecule has 5 heteroatoms. The molecule has 0 radical (unpaired) electrons. The number of hydrogen-bond acceptors (Lipinski definition) is 4. The molecule has 1 aliphatic rings. The lowest BCUT2D eigenvalue weighted by atomic mass is 10.1. The lowest BCUT2D eigenvalue weighted by Crippen LogP contribution is -2.06. The van der Waals surface area contributed by atoms with Gasteiger partial charge in [-0.2, -0.15) is 0 Å². The summed E-state index contributed by atoms with van der Waals surface area (Å²) in [6.45, 7) is 4.40. The predicted molar refractivity (Wildman–Crippen MR) is 84.6 cm³/mol. The van der Waals surface area contributed by atoms with Gasteiger partial charge in [0.25, 0.3) is 0 Å². The summed E-state index contributed by atoms with van der Waals surface area (Å²) >= 11 is 7.71. The van der Waals surface area contributed by atoms with Gasteiger partial charge in [-0.1, -0.05) is 42.9 Å². The zero-order chi connectivity index (χ0) is 14.1. The fourth-order valence-electron chi connectivity index (χ4n) is 2.63. The minimum absolute atomic E-state index is 0.335. The first-order valence-electron chi connectivity index (χ1n) is 6.99.